The lowest BCUT2D eigenvalue weighted by molar-refractivity contribution is 0.0949. The van der Waals surface area contributed by atoms with Gasteiger partial charge in [-0.1, -0.05) is 23.8 Å². The smallest absolute Gasteiger partial charge is 0.270 e. The highest BCUT2D eigenvalue weighted by Crippen LogP contribution is 2.19. The number of nitrogens with one attached hydrogen (secondary N) is 2. The molecule has 0 aliphatic heterocycles. The maximum absolute atomic E-state index is 12.9. The van der Waals surface area contributed by atoms with Crippen molar-refractivity contribution < 1.29 is 9.18 Å². The summed E-state index contributed by atoms with van der Waals surface area (Å²) < 4.78 is 12.9. The van der Waals surface area contributed by atoms with Crippen molar-refractivity contribution in [1.29, 1.82) is 0 Å². The molecule has 2 aromatic rings. The van der Waals surface area contributed by atoms with E-state index in [1.165, 1.54) is 43.4 Å². The zero-order valence-corrected chi connectivity index (χ0v) is 16.3. The Morgan fingerprint density at radius 3 is 2.68 bits per heavy atom. The van der Waals surface area contributed by atoms with E-state index in [-0.39, 0.29) is 11.7 Å². The number of hydrogen-bond donors (Lipinski definition) is 2. The van der Waals surface area contributed by atoms with Gasteiger partial charge in [-0.3, -0.25) is 4.79 Å². The molecule has 0 saturated carbocycles. The maximum atomic E-state index is 12.9. The van der Waals surface area contributed by atoms with Crippen LogP contribution in [0.25, 0.3) is 0 Å². The summed E-state index contributed by atoms with van der Waals surface area (Å²) in [5.74, 6) is -0.00482. The van der Waals surface area contributed by atoms with Crippen LogP contribution in [0.3, 0.4) is 0 Å². The van der Waals surface area contributed by atoms with Crippen molar-refractivity contribution in [2.75, 3.05) is 18.4 Å². The van der Waals surface area contributed by atoms with Gasteiger partial charge in [0, 0.05) is 18.8 Å². The van der Waals surface area contributed by atoms with E-state index in [0.29, 0.717) is 24.6 Å². The molecule has 0 spiro atoms. The molecule has 1 heterocycles. The largest absolute Gasteiger partial charge is 0.354 e. The number of anilines is 1. The minimum Gasteiger partial charge on any atom is -0.354 e. The lowest BCUT2D eigenvalue weighted by Crippen LogP contribution is -2.27. The molecule has 0 unspecified atom stereocenters. The number of carbonyl (C=O) groups excluding carboxylic acids is 1. The average Bonchev–Trinajstić information content (AvgIpc) is 2.70. The lowest BCUT2D eigenvalue weighted by Gasteiger charge is -2.13. The van der Waals surface area contributed by atoms with Gasteiger partial charge in [-0.2, -0.15) is 0 Å². The summed E-state index contributed by atoms with van der Waals surface area (Å²) >= 11 is 0. The molecule has 0 saturated heterocycles. The Labute approximate surface area is 165 Å². The SMILES string of the molecule is Cc1cc(C(=O)NCCc2ccc(F)cc2)nc(NCCC2=CCCCC2)n1. The van der Waals surface area contributed by atoms with Crippen LogP contribution in [0, 0.1) is 12.7 Å². The number of aryl methyl sites for hydroxylation is 1. The topological polar surface area (TPSA) is 66.9 Å². The Morgan fingerprint density at radius 1 is 1.11 bits per heavy atom. The van der Waals surface area contributed by atoms with Crippen molar-refractivity contribution in [2.45, 2.75) is 45.4 Å². The number of rotatable bonds is 8. The highest BCUT2D eigenvalue weighted by atomic mass is 19.1. The van der Waals surface area contributed by atoms with Crippen molar-refractivity contribution in [3.8, 4) is 0 Å². The predicted octanol–water partition coefficient (Wildman–Crippen LogP) is 4.20. The second-order valence-corrected chi connectivity index (χ2v) is 7.14. The van der Waals surface area contributed by atoms with Crippen molar-refractivity contribution >= 4 is 11.9 Å². The average molecular weight is 382 g/mol. The van der Waals surface area contributed by atoms with Gasteiger partial charge in [-0.05, 0) is 69.2 Å². The molecule has 5 nitrogen and oxygen atoms in total. The number of carbonyl (C=O) groups is 1. The van der Waals surface area contributed by atoms with E-state index in [1.807, 2.05) is 6.92 Å². The second kappa shape index (κ2) is 9.97. The Bertz CT molecular complexity index is 833. The molecule has 1 aliphatic carbocycles. The molecular formula is C22H27FN4O. The zero-order valence-electron chi connectivity index (χ0n) is 16.3. The molecular weight excluding hydrogens is 355 g/mol. The molecule has 0 radical (unpaired) electrons. The van der Waals surface area contributed by atoms with Crippen molar-refractivity contribution in [3.05, 3.63) is 64.7 Å². The van der Waals surface area contributed by atoms with Gasteiger partial charge in [0.2, 0.25) is 5.95 Å². The van der Waals surface area contributed by atoms with E-state index in [0.717, 1.165) is 24.2 Å². The predicted molar refractivity (Wildman–Crippen MR) is 109 cm³/mol. The highest BCUT2D eigenvalue weighted by Gasteiger charge is 2.11. The lowest BCUT2D eigenvalue weighted by atomic mass is 9.97. The Kier molecular flexibility index (Phi) is 7.12. The van der Waals surface area contributed by atoms with E-state index >= 15 is 0 Å². The van der Waals surface area contributed by atoms with Crippen LogP contribution in [0.4, 0.5) is 10.3 Å². The number of hydrogen-bond acceptors (Lipinski definition) is 4. The zero-order chi connectivity index (χ0) is 19.8. The van der Waals surface area contributed by atoms with Crippen molar-refractivity contribution in [2.24, 2.45) is 0 Å². The molecule has 1 aliphatic rings. The van der Waals surface area contributed by atoms with Gasteiger partial charge in [-0.25, -0.2) is 14.4 Å². The van der Waals surface area contributed by atoms with E-state index in [2.05, 4.69) is 26.7 Å². The van der Waals surface area contributed by atoms with Gasteiger partial charge in [0.15, 0.2) is 0 Å². The van der Waals surface area contributed by atoms with Crippen LogP contribution in [-0.4, -0.2) is 29.0 Å². The highest BCUT2D eigenvalue weighted by molar-refractivity contribution is 5.92. The van der Waals surface area contributed by atoms with Crippen LogP contribution >= 0.6 is 0 Å². The Morgan fingerprint density at radius 2 is 1.93 bits per heavy atom. The number of benzene rings is 1. The van der Waals surface area contributed by atoms with E-state index in [1.54, 1.807) is 18.2 Å². The second-order valence-electron chi connectivity index (χ2n) is 7.14. The van der Waals surface area contributed by atoms with Gasteiger partial charge in [0.1, 0.15) is 11.5 Å². The monoisotopic (exact) mass is 382 g/mol. The van der Waals surface area contributed by atoms with Crippen LogP contribution in [0.15, 0.2) is 42.0 Å². The molecule has 1 amide bonds. The first kappa shape index (κ1) is 20.0. The van der Waals surface area contributed by atoms with Crippen LogP contribution in [0.1, 0.15) is 53.8 Å². The molecule has 0 fully saturated rings. The molecule has 1 aromatic carbocycles. The molecule has 3 rings (SSSR count). The summed E-state index contributed by atoms with van der Waals surface area (Å²) in [6.07, 6.45) is 8.87. The normalized spacial score (nSPS) is 13.7. The van der Waals surface area contributed by atoms with Gasteiger partial charge in [-0.15, -0.1) is 0 Å². The van der Waals surface area contributed by atoms with Gasteiger partial charge >= 0.3 is 0 Å². The standard InChI is InChI=1S/C22H27FN4O/c1-16-15-20(21(28)24-13-11-18-7-9-19(23)10-8-18)27-22(26-16)25-14-12-17-5-3-2-4-6-17/h5,7-10,15H,2-4,6,11-14H2,1H3,(H,24,28)(H,25,26,27). The van der Waals surface area contributed by atoms with E-state index in [4.69, 9.17) is 0 Å². The first-order valence-electron chi connectivity index (χ1n) is 9.90. The van der Waals surface area contributed by atoms with Gasteiger partial charge < -0.3 is 10.6 Å². The third kappa shape index (κ3) is 6.15. The van der Waals surface area contributed by atoms with Crippen molar-refractivity contribution in [3.63, 3.8) is 0 Å². The minimum atomic E-state index is -0.260. The summed E-state index contributed by atoms with van der Waals surface area (Å²) in [6, 6.07) is 7.97. The number of aromatic nitrogens is 2. The van der Waals surface area contributed by atoms with Crippen LogP contribution in [0.5, 0.6) is 0 Å². The quantitative estimate of drug-likeness (QED) is 0.672. The summed E-state index contributed by atoms with van der Waals surface area (Å²) in [5.41, 5.74) is 3.56. The molecule has 28 heavy (non-hydrogen) atoms. The molecule has 0 atom stereocenters. The summed E-state index contributed by atoms with van der Waals surface area (Å²) in [5, 5.41) is 6.10. The van der Waals surface area contributed by atoms with Crippen LogP contribution in [-0.2, 0) is 6.42 Å². The third-order valence-electron chi connectivity index (χ3n) is 4.81. The van der Waals surface area contributed by atoms with E-state index in [9.17, 15) is 9.18 Å². The first-order valence-corrected chi connectivity index (χ1v) is 9.90. The third-order valence-corrected chi connectivity index (χ3v) is 4.81. The maximum Gasteiger partial charge on any atom is 0.270 e. The van der Waals surface area contributed by atoms with Crippen molar-refractivity contribution in [1.82, 2.24) is 15.3 Å². The minimum absolute atomic E-state index is 0.231. The number of nitrogens with zero attached hydrogens (tertiary/aromatic N) is 2. The molecule has 2 N–H and O–H groups in total. The Balaban J connectivity index is 1.50. The van der Waals surface area contributed by atoms with Crippen LogP contribution < -0.4 is 10.6 Å². The van der Waals surface area contributed by atoms with E-state index < -0.39 is 0 Å². The van der Waals surface area contributed by atoms with Gasteiger partial charge in [0.05, 0.1) is 0 Å². The summed E-state index contributed by atoms with van der Waals surface area (Å²) in [6.45, 7) is 3.08. The number of amides is 1. The molecule has 1 aromatic heterocycles. The summed E-state index contributed by atoms with van der Waals surface area (Å²) in [7, 11) is 0. The fraction of sp³-hybridized carbons (Fsp3) is 0.409. The number of halogens is 1. The molecule has 0 bridgehead atoms. The first-order chi connectivity index (χ1) is 13.6. The van der Waals surface area contributed by atoms with Gasteiger partial charge in [0.25, 0.3) is 5.91 Å². The Hall–Kier alpha value is -2.76. The summed E-state index contributed by atoms with van der Waals surface area (Å²) in [4.78, 5) is 21.1. The molecule has 6 heteroatoms. The number of allylic oxidation sites excluding steroid dienone is 1. The molecule has 148 valence electrons. The van der Waals surface area contributed by atoms with Crippen LogP contribution in [0.2, 0.25) is 0 Å². The fourth-order valence-corrected chi connectivity index (χ4v) is 3.29. The fourth-order valence-electron chi connectivity index (χ4n) is 3.29.